The molecule has 5 nitrogen and oxygen atoms in total. The molecule has 1 atom stereocenters. The third-order valence-corrected chi connectivity index (χ3v) is 2.60. The lowest BCUT2D eigenvalue weighted by molar-refractivity contribution is -0.137. The second kappa shape index (κ2) is 4.35. The maximum absolute atomic E-state index is 10.5. The molecule has 0 bridgehead atoms. The Morgan fingerprint density at radius 1 is 1.67 bits per heavy atom. The van der Waals surface area contributed by atoms with E-state index >= 15 is 0 Å². The van der Waals surface area contributed by atoms with Crippen molar-refractivity contribution in [1.82, 2.24) is 15.3 Å². The van der Waals surface area contributed by atoms with Gasteiger partial charge in [-0.25, -0.2) is 9.97 Å². The molecule has 2 rings (SSSR count). The summed E-state index contributed by atoms with van der Waals surface area (Å²) in [5.74, 6) is -0.763. The number of nitrogens with zero attached hydrogens (tertiary/aromatic N) is 2. The van der Waals surface area contributed by atoms with Crippen LogP contribution >= 0.6 is 0 Å². The number of hydrogen-bond donors (Lipinski definition) is 2. The zero-order valence-electron chi connectivity index (χ0n) is 8.31. The summed E-state index contributed by atoms with van der Waals surface area (Å²) < 4.78 is 0. The number of rotatable bonds is 3. The van der Waals surface area contributed by atoms with Crippen LogP contribution in [0.5, 0.6) is 0 Å². The molecule has 0 aliphatic carbocycles. The number of carboxylic acid groups (broad SMARTS) is 1. The van der Waals surface area contributed by atoms with E-state index in [9.17, 15) is 4.79 Å². The summed E-state index contributed by atoms with van der Waals surface area (Å²) in [4.78, 5) is 18.7. The van der Waals surface area contributed by atoms with Crippen molar-refractivity contribution in [2.75, 3.05) is 6.54 Å². The molecule has 2 heterocycles. The molecule has 15 heavy (non-hydrogen) atoms. The van der Waals surface area contributed by atoms with Crippen LogP contribution in [0.2, 0.25) is 0 Å². The van der Waals surface area contributed by atoms with Crippen LogP contribution in [0, 0.1) is 0 Å². The minimum atomic E-state index is -0.763. The van der Waals surface area contributed by atoms with Crippen LogP contribution in [0.4, 0.5) is 0 Å². The fourth-order valence-corrected chi connectivity index (χ4v) is 1.87. The van der Waals surface area contributed by atoms with Crippen molar-refractivity contribution >= 4 is 5.97 Å². The standard InChI is InChI=1S/C10H13N3O2/c14-10(15)2-1-8-7-5-11-6-13-9(7)3-4-12-8/h5-6,8,12H,1-4H2,(H,14,15). The fraction of sp³-hybridized carbons (Fsp3) is 0.500. The molecule has 0 spiro atoms. The molecule has 1 unspecified atom stereocenters. The van der Waals surface area contributed by atoms with Crippen molar-refractivity contribution in [3.8, 4) is 0 Å². The lowest BCUT2D eigenvalue weighted by Gasteiger charge is -2.24. The van der Waals surface area contributed by atoms with E-state index in [1.807, 2.05) is 0 Å². The maximum Gasteiger partial charge on any atom is 0.303 e. The number of aromatic nitrogens is 2. The van der Waals surface area contributed by atoms with Crippen LogP contribution in [0.1, 0.15) is 30.1 Å². The molecule has 1 aliphatic heterocycles. The van der Waals surface area contributed by atoms with Crippen molar-refractivity contribution in [2.45, 2.75) is 25.3 Å². The number of carboxylic acids is 1. The number of nitrogens with one attached hydrogen (secondary N) is 1. The highest BCUT2D eigenvalue weighted by atomic mass is 16.4. The molecule has 80 valence electrons. The third kappa shape index (κ3) is 2.30. The van der Waals surface area contributed by atoms with Gasteiger partial charge in [0.25, 0.3) is 0 Å². The molecule has 0 fully saturated rings. The summed E-state index contributed by atoms with van der Waals surface area (Å²) >= 11 is 0. The number of carbonyl (C=O) groups is 1. The van der Waals surface area contributed by atoms with Crippen molar-refractivity contribution in [2.24, 2.45) is 0 Å². The van der Waals surface area contributed by atoms with Gasteiger partial charge in [-0.15, -0.1) is 0 Å². The van der Waals surface area contributed by atoms with Gasteiger partial charge in [-0.2, -0.15) is 0 Å². The first kappa shape index (κ1) is 10.0. The average molecular weight is 207 g/mol. The molecule has 0 amide bonds. The quantitative estimate of drug-likeness (QED) is 0.756. The van der Waals surface area contributed by atoms with E-state index in [0.717, 1.165) is 24.2 Å². The summed E-state index contributed by atoms with van der Waals surface area (Å²) in [5, 5.41) is 11.9. The molecule has 0 saturated heterocycles. The monoisotopic (exact) mass is 207 g/mol. The Morgan fingerprint density at radius 3 is 3.33 bits per heavy atom. The lowest BCUT2D eigenvalue weighted by Crippen LogP contribution is -2.31. The molecular formula is C10H13N3O2. The van der Waals surface area contributed by atoms with Gasteiger partial charge in [-0.05, 0) is 6.42 Å². The summed E-state index contributed by atoms with van der Waals surface area (Å²) in [6.45, 7) is 0.855. The zero-order valence-corrected chi connectivity index (χ0v) is 8.31. The van der Waals surface area contributed by atoms with E-state index in [0.29, 0.717) is 6.42 Å². The lowest BCUT2D eigenvalue weighted by atomic mass is 9.97. The van der Waals surface area contributed by atoms with Crippen LogP contribution in [0.3, 0.4) is 0 Å². The van der Waals surface area contributed by atoms with Crippen molar-refractivity contribution < 1.29 is 9.90 Å². The molecule has 0 saturated carbocycles. The Kier molecular flexibility index (Phi) is 2.91. The van der Waals surface area contributed by atoms with E-state index in [1.165, 1.54) is 0 Å². The molecule has 1 aromatic heterocycles. The predicted molar refractivity (Wildman–Crippen MR) is 53.3 cm³/mol. The molecule has 1 aromatic rings. The first-order valence-corrected chi connectivity index (χ1v) is 5.01. The van der Waals surface area contributed by atoms with Gasteiger partial charge >= 0.3 is 5.97 Å². The predicted octanol–water partition coefficient (Wildman–Crippen LogP) is 0.528. The topological polar surface area (TPSA) is 75.1 Å². The smallest absolute Gasteiger partial charge is 0.303 e. The van der Waals surface area contributed by atoms with E-state index in [2.05, 4.69) is 15.3 Å². The molecule has 5 heteroatoms. The van der Waals surface area contributed by atoms with Gasteiger partial charge in [0.1, 0.15) is 6.33 Å². The average Bonchev–Trinajstić information content (AvgIpc) is 2.26. The van der Waals surface area contributed by atoms with Gasteiger partial charge in [0.15, 0.2) is 0 Å². The Labute approximate surface area is 87.6 Å². The Bertz CT molecular complexity index is 367. The molecular weight excluding hydrogens is 194 g/mol. The normalized spacial score (nSPS) is 19.6. The Hall–Kier alpha value is -1.49. The van der Waals surface area contributed by atoms with Gasteiger partial charge in [-0.1, -0.05) is 0 Å². The van der Waals surface area contributed by atoms with Gasteiger partial charge < -0.3 is 10.4 Å². The number of fused-ring (bicyclic) bond motifs is 1. The van der Waals surface area contributed by atoms with E-state index in [-0.39, 0.29) is 12.5 Å². The first-order chi connectivity index (χ1) is 7.27. The molecule has 2 N–H and O–H groups in total. The van der Waals surface area contributed by atoms with Crippen LogP contribution in [0.25, 0.3) is 0 Å². The van der Waals surface area contributed by atoms with Crippen molar-refractivity contribution in [3.63, 3.8) is 0 Å². The van der Waals surface area contributed by atoms with Crippen LogP contribution in [-0.4, -0.2) is 27.6 Å². The largest absolute Gasteiger partial charge is 0.481 e. The van der Waals surface area contributed by atoms with E-state index in [4.69, 9.17) is 5.11 Å². The minimum absolute atomic E-state index is 0.0889. The summed E-state index contributed by atoms with van der Waals surface area (Å²) in [7, 11) is 0. The van der Waals surface area contributed by atoms with Crippen LogP contribution in [-0.2, 0) is 11.2 Å². The van der Waals surface area contributed by atoms with Crippen LogP contribution in [0.15, 0.2) is 12.5 Å². The second-order valence-electron chi connectivity index (χ2n) is 3.61. The molecule has 0 radical (unpaired) electrons. The fourth-order valence-electron chi connectivity index (χ4n) is 1.87. The SMILES string of the molecule is O=C(O)CCC1NCCc2ncncc21. The Morgan fingerprint density at radius 2 is 2.53 bits per heavy atom. The van der Waals surface area contributed by atoms with Gasteiger partial charge in [0.2, 0.25) is 0 Å². The summed E-state index contributed by atoms with van der Waals surface area (Å²) in [6, 6.07) is 0.0889. The number of hydrogen-bond acceptors (Lipinski definition) is 4. The first-order valence-electron chi connectivity index (χ1n) is 5.01. The van der Waals surface area contributed by atoms with Gasteiger partial charge in [0.05, 0.1) is 0 Å². The minimum Gasteiger partial charge on any atom is -0.481 e. The van der Waals surface area contributed by atoms with Crippen LogP contribution < -0.4 is 5.32 Å². The Balaban J connectivity index is 2.11. The highest BCUT2D eigenvalue weighted by molar-refractivity contribution is 5.66. The zero-order chi connectivity index (χ0) is 10.7. The highest BCUT2D eigenvalue weighted by Crippen LogP contribution is 2.23. The third-order valence-electron chi connectivity index (χ3n) is 2.60. The van der Waals surface area contributed by atoms with Crippen molar-refractivity contribution in [1.29, 1.82) is 0 Å². The maximum atomic E-state index is 10.5. The van der Waals surface area contributed by atoms with Gasteiger partial charge in [-0.3, -0.25) is 4.79 Å². The highest BCUT2D eigenvalue weighted by Gasteiger charge is 2.20. The second-order valence-corrected chi connectivity index (χ2v) is 3.61. The number of aliphatic carboxylic acids is 1. The summed E-state index contributed by atoms with van der Waals surface area (Å²) in [6.07, 6.45) is 4.97. The molecule has 0 aromatic carbocycles. The molecule has 1 aliphatic rings. The van der Waals surface area contributed by atoms with Gasteiger partial charge in [0, 0.05) is 42.9 Å². The van der Waals surface area contributed by atoms with Crippen molar-refractivity contribution in [3.05, 3.63) is 23.8 Å². The van der Waals surface area contributed by atoms with E-state index in [1.54, 1.807) is 12.5 Å². The van der Waals surface area contributed by atoms with E-state index < -0.39 is 5.97 Å². The summed E-state index contributed by atoms with van der Waals surface area (Å²) in [5.41, 5.74) is 2.09.